The second-order valence-corrected chi connectivity index (χ2v) is 4.48. The number of halogens is 1. The van der Waals surface area contributed by atoms with Crippen molar-refractivity contribution in [1.82, 2.24) is 0 Å². The van der Waals surface area contributed by atoms with Crippen molar-refractivity contribution in [3.63, 3.8) is 0 Å². The molecule has 0 fully saturated rings. The lowest BCUT2D eigenvalue weighted by molar-refractivity contribution is -0.153. The van der Waals surface area contributed by atoms with Crippen molar-refractivity contribution in [2.24, 2.45) is 0 Å². The van der Waals surface area contributed by atoms with Gasteiger partial charge in [0, 0.05) is 16.7 Å². The molecule has 0 saturated heterocycles. The topological polar surface area (TPSA) is 65.0 Å². The van der Waals surface area contributed by atoms with E-state index in [-0.39, 0.29) is 6.61 Å². The first kappa shape index (κ1) is 14.0. The SMILES string of the molecule is CCOC(=O)C(O)c1c(C)c(Cl)cc2c1OCCO2. The summed E-state index contributed by atoms with van der Waals surface area (Å²) in [5.74, 6) is 0.0538. The molecule has 1 aliphatic heterocycles. The fraction of sp³-hybridized carbons (Fsp3) is 0.462. The zero-order valence-electron chi connectivity index (χ0n) is 10.7. The number of carbonyl (C=O) groups excluding carboxylic acids is 1. The highest BCUT2D eigenvalue weighted by atomic mass is 35.5. The second kappa shape index (κ2) is 5.67. The number of aliphatic hydroxyl groups is 1. The van der Waals surface area contributed by atoms with Crippen molar-refractivity contribution < 1.29 is 24.1 Å². The lowest BCUT2D eigenvalue weighted by Gasteiger charge is -2.24. The van der Waals surface area contributed by atoms with E-state index in [1.807, 2.05) is 0 Å². The predicted octanol–water partition coefficient (Wildman–Crippen LogP) is 2.02. The summed E-state index contributed by atoms with van der Waals surface area (Å²) in [7, 11) is 0. The highest BCUT2D eigenvalue weighted by Gasteiger charge is 2.30. The minimum Gasteiger partial charge on any atom is -0.486 e. The first-order valence-corrected chi connectivity index (χ1v) is 6.37. The van der Waals surface area contributed by atoms with Crippen molar-refractivity contribution in [1.29, 1.82) is 0 Å². The highest BCUT2D eigenvalue weighted by molar-refractivity contribution is 6.31. The van der Waals surface area contributed by atoms with Crippen LogP contribution < -0.4 is 9.47 Å². The standard InChI is InChI=1S/C13H15ClO5/c1-3-17-13(16)11(15)10-7(2)8(14)6-9-12(10)19-5-4-18-9/h6,11,15H,3-5H2,1-2H3. The van der Waals surface area contributed by atoms with Crippen LogP contribution in [0.3, 0.4) is 0 Å². The molecule has 0 amide bonds. The molecule has 1 aromatic carbocycles. The van der Waals surface area contributed by atoms with Crippen LogP contribution in [0.2, 0.25) is 5.02 Å². The van der Waals surface area contributed by atoms with Crippen LogP contribution in [0.4, 0.5) is 0 Å². The van der Waals surface area contributed by atoms with E-state index in [0.29, 0.717) is 40.9 Å². The van der Waals surface area contributed by atoms with Crippen molar-refractivity contribution in [3.05, 3.63) is 22.2 Å². The fourth-order valence-corrected chi connectivity index (χ4v) is 2.14. The van der Waals surface area contributed by atoms with E-state index in [0.717, 1.165) is 0 Å². The summed E-state index contributed by atoms with van der Waals surface area (Å²) in [5, 5.41) is 10.5. The number of fused-ring (bicyclic) bond motifs is 1. The lowest BCUT2D eigenvalue weighted by Crippen LogP contribution is -2.22. The summed E-state index contributed by atoms with van der Waals surface area (Å²) in [5.41, 5.74) is 0.882. The Hall–Kier alpha value is -1.46. The number of hydrogen-bond donors (Lipinski definition) is 1. The number of esters is 1. The molecule has 1 aromatic rings. The van der Waals surface area contributed by atoms with Gasteiger partial charge in [-0.2, -0.15) is 0 Å². The number of rotatable bonds is 3. The Morgan fingerprint density at radius 3 is 2.89 bits per heavy atom. The van der Waals surface area contributed by atoms with E-state index >= 15 is 0 Å². The molecule has 0 spiro atoms. The molecule has 2 rings (SSSR count). The number of hydrogen-bond acceptors (Lipinski definition) is 5. The molecule has 1 N–H and O–H groups in total. The van der Waals surface area contributed by atoms with E-state index in [2.05, 4.69) is 0 Å². The molecule has 1 aliphatic rings. The first-order valence-electron chi connectivity index (χ1n) is 5.99. The van der Waals surface area contributed by atoms with Gasteiger partial charge < -0.3 is 19.3 Å². The molecule has 6 heteroatoms. The van der Waals surface area contributed by atoms with Crippen molar-refractivity contribution in [3.8, 4) is 11.5 Å². The minimum absolute atomic E-state index is 0.190. The summed E-state index contributed by atoms with van der Waals surface area (Å²) >= 11 is 6.08. The average molecular weight is 287 g/mol. The van der Waals surface area contributed by atoms with E-state index in [1.165, 1.54) is 0 Å². The van der Waals surface area contributed by atoms with Crippen LogP contribution in [0, 0.1) is 6.92 Å². The predicted molar refractivity (Wildman–Crippen MR) is 68.8 cm³/mol. The third-order valence-electron chi connectivity index (χ3n) is 2.86. The molecule has 1 atom stereocenters. The largest absolute Gasteiger partial charge is 0.486 e. The number of ether oxygens (including phenoxy) is 3. The van der Waals surface area contributed by atoms with Gasteiger partial charge in [-0.25, -0.2) is 4.79 Å². The Bertz CT molecular complexity index is 500. The van der Waals surface area contributed by atoms with Crippen LogP contribution in [0.5, 0.6) is 11.5 Å². The fourth-order valence-electron chi connectivity index (χ4n) is 1.94. The first-order chi connectivity index (χ1) is 9.06. The van der Waals surface area contributed by atoms with Gasteiger partial charge in [-0.15, -0.1) is 0 Å². The van der Waals surface area contributed by atoms with Gasteiger partial charge in [-0.1, -0.05) is 11.6 Å². The smallest absolute Gasteiger partial charge is 0.339 e. The van der Waals surface area contributed by atoms with E-state index in [9.17, 15) is 9.90 Å². The Balaban J connectivity index is 2.48. The number of benzene rings is 1. The summed E-state index contributed by atoms with van der Waals surface area (Å²) < 4.78 is 15.7. The molecule has 0 saturated carbocycles. The molecule has 5 nitrogen and oxygen atoms in total. The van der Waals surface area contributed by atoms with E-state index in [1.54, 1.807) is 19.9 Å². The van der Waals surface area contributed by atoms with Gasteiger partial charge >= 0.3 is 5.97 Å². The zero-order chi connectivity index (χ0) is 14.0. The number of carbonyl (C=O) groups is 1. The van der Waals surface area contributed by atoms with Crippen LogP contribution in [-0.2, 0) is 9.53 Å². The van der Waals surface area contributed by atoms with Gasteiger partial charge in [-0.05, 0) is 19.4 Å². The van der Waals surface area contributed by atoms with E-state index < -0.39 is 12.1 Å². The molecule has 1 heterocycles. The quantitative estimate of drug-likeness (QED) is 0.861. The summed E-state index contributed by atoms with van der Waals surface area (Å²) in [6.07, 6.45) is -1.44. The van der Waals surface area contributed by atoms with Crippen molar-refractivity contribution in [2.75, 3.05) is 19.8 Å². The lowest BCUT2D eigenvalue weighted by atomic mass is 10.0. The second-order valence-electron chi connectivity index (χ2n) is 4.08. The molecular formula is C13H15ClO5. The maximum Gasteiger partial charge on any atom is 0.339 e. The zero-order valence-corrected chi connectivity index (χ0v) is 11.5. The summed E-state index contributed by atoms with van der Waals surface area (Å²) in [6, 6.07) is 1.62. The Labute approximate surface area is 116 Å². The maximum atomic E-state index is 11.7. The van der Waals surface area contributed by atoms with Crippen LogP contribution in [0.1, 0.15) is 24.2 Å². The van der Waals surface area contributed by atoms with E-state index in [4.69, 9.17) is 25.8 Å². The average Bonchev–Trinajstić information content (AvgIpc) is 2.40. The molecule has 0 bridgehead atoms. The van der Waals surface area contributed by atoms with Gasteiger partial charge in [0.1, 0.15) is 13.2 Å². The Morgan fingerprint density at radius 1 is 1.53 bits per heavy atom. The van der Waals surface area contributed by atoms with Gasteiger partial charge in [0.25, 0.3) is 0 Å². The third-order valence-corrected chi connectivity index (χ3v) is 3.25. The molecule has 19 heavy (non-hydrogen) atoms. The summed E-state index contributed by atoms with van der Waals surface area (Å²) in [4.78, 5) is 11.7. The van der Waals surface area contributed by atoms with Gasteiger partial charge in [0.05, 0.1) is 6.61 Å². The molecular weight excluding hydrogens is 272 g/mol. The molecule has 0 aliphatic carbocycles. The number of aliphatic hydroxyl groups excluding tert-OH is 1. The molecule has 0 radical (unpaired) electrons. The normalized spacial score (nSPS) is 14.9. The maximum absolute atomic E-state index is 11.7. The van der Waals surface area contributed by atoms with Crippen molar-refractivity contribution in [2.45, 2.75) is 20.0 Å². The monoisotopic (exact) mass is 286 g/mol. The van der Waals surface area contributed by atoms with Crippen LogP contribution >= 0.6 is 11.6 Å². The highest BCUT2D eigenvalue weighted by Crippen LogP contribution is 2.42. The Morgan fingerprint density at radius 2 is 2.21 bits per heavy atom. The molecule has 1 unspecified atom stereocenters. The minimum atomic E-state index is -1.44. The van der Waals surface area contributed by atoms with Crippen LogP contribution in [0.25, 0.3) is 0 Å². The van der Waals surface area contributed by atoms with Crippen LogP contribution in [0.15, 0.2) is 6.07 Å². The van der Waals surface area contributed by atoms with Crippen molar-refractivity contribution >= 4 is 17.6 Å². The van der Waals surface area contributed by atoms with Gasteiger partial charge in [0.15, 0.2) is 17.6 Å². The Kier molecular flexibility index (Phi) is 4.17. The molecule has 0 aromatic heterocycles. The van der Waals surface area contributed by atoms with Gasteiger partial charge in [0.2, 0.25) is 0 Å². The van der Waals surface area contributed by atoms with Crippen LogP contribution in [-0.4, -0.2) is 30.9 Å². The van der Waals surface area contributed by atoms with Gasteiger partial charge in [-0.3, -0.25) is 0 Å². The molecule has 104 valence electrons. The third kappa shape index (κ3) is 2.62. The summed E-state index contributed by atoms with van der Waals surface area (Å²) in [6.45, 7) is 4.33.